The van der Waals surface area contributed by atoms with Crippen LogP contribution in [0.25, 0.3) is 0 Å². The van der Waals surface area contributed by atoms with E-state index in [9.17, 15) is 49.2 Å². The van der Waals surface area contributed by atoms with Crippen molar-refractivity contribution in [3.05, 3.63) is 23.8 Å². The summed E-state index contributed by atoms with van der Waals surface area (Å²) >= 11 is 0. The topological polar surface area (TPSA) is 238 Å². The number of carboxylic acid groups (broad SMARTS) is 1. The Labute approximate surface area is 226 Å². The summed E-state index contributed by atoms with van der Waals surface area (Å²) in [5.41, 5.74) is 0.303. The summed E-state index contributed by atoms with van der Waals surface area (Å²) in [5, 5.41) is 44.1. The van der Waals surface area contributed by atoms with Gasteiger partial charge in [0.2, 0.25) is 29.9 Å². The number of nitrogens with zero attached hydrogens (tertiary/aromatic N) is 1. The zero-order valence-electron chi connectivity index (χ0n) is 21.4. The van der Waals surface area contributed by atoms with Gasteiger partial charge in [0, 0.05) is 19.3 Å². The lowest BCUT2D eigenvalue weighted by Gasteiger charge is -2.38. The Balaban J connectivity index is 1.71. The molecule has 0 aromatic heterocycles. The van der Waals surface area contributed by atoms with Crippen LogP contribution in [0.5, 0.6) is 5.75 Å². The smallest absolute Gasteiger partial charge is 0.335 e. The number of aliphatic hydroxyl groups is 3. The molecule has 6 atom stereocenters. The number of rotatable bonds is 10. The minimum absolute atomic E-state index is 0.0122. The van der Waals surface area contributed by atoms with E-state index in [1.807, 2.05) is 0 Å². The minimum Gasteiger partial charge on any atom is -0.479 e. The minimum atomic E-state index is -1.95. The molecule has 2 saturated heterocycles. The molecule has 16 nitrogen and oxygen atoms in total. The predicted molar refractivity (Wildman–Crippen MR) is 129 cm³/mol. The van der Waals surface area contributed by atoms with Gasteiger partial charge in [0.25, 0.3) is 0 Å². The average Bonchev–Trinajstić information content (AvgIpc) is 3.13. The number of anilines is 1. The summed E-state index contributed by atoms with van der Waals surface area (Å²) in [6, 6.07) is 4.04. The molecule has 2 aliphatic rings. The first kappa shape index (κ1) is 30.4. The van der Waals surface area contributed by atoms with Crippen molar-refractivity contribution < 1.29 is 63.4 Å². The molecule has 2 aliphatic heterocycles. The molecular formula is C24H29N3O13. The van der Waals surface area contributed by atoms with Gasteiger partial charge >= 0.3 is 11.9 Å². The fourth-order valence-corrected chi connectivity index (χ4v) is 3.91. The predicted octanol–water partition coefficient (Wildman–Crippen LogP) is -2.53. The Hall–Kier alpha value is -4.12. The third-order valence-electron chi connectivity index (χ3n) is 6.03. The molecule has 4 amide bonds. The number of carbonyl (C=O) groups is 6. The number of aliphatic hydroxyl groups excluding tert-OH is 3. The number of esters is 1. The number of imide groups is 1. The molecule has 6 N–H and O–H groups in total. The second-order valence-corrected chi connectivity index (χ2v) is 9.21. The first-order valence-corrected chi connectivity index (χ1v) is 12.0. The molecule has 40 heavy (non-hydrogen) atoms. The maximum atomic E-state index is 12.6. The van der Waals surface area contributed by atoms with Gasteiger partial charge in [0.05, 0.1) is 12.2 Å². The van der Waals surface area contributed by atoms with E-state index in [2.05, 4.69) is 10.6 Å². The molecule has 1 unspecified atom stereocenters. The van der Waals surface area contributed by atoms with E-state index >= 15 is 0 Å². The SMILES string of the molecule is CC(=O)OCc1ccc(O[C@@H]2O[C@H](C(=O)O)[C@@H](O)[C@H](O)[C@H]2O)c(NC(=O)CNC(=O)CN2C(=O)CC(C)C2=O)c1. The summed E-state index contributed by atoms with van der Waals surface area (Å²) in [4.78, 5) is 72.0. The number of nitrogens with one attached hydrogen (secondary N) is 2. The molecular weight excluding hydrogens is 538 g/mol. The van der Waals surface area contributed by atoms with Gasteiger partial charge in [-0.2, -0.15) is 0 Å². The van der Waals surface area contributed by atoms with Crippen LogP contribution in [0.1, 0.15) is 25.8 Å². The standard InChI is InChI=1S/C24H29N3O13/c1-10-5-17(31)27(22(10)35)8-16(30)25-7-15(29)26-13-6-12(9-38-11(2)28)3-4-14(13)39-24-20(34)18(32)19(33)21(40-24)23(36)37/h3-4,6,10,18-21,24,32-34H,5,7-9H2,1-2H3,(H,25,30)(H,26,29)(H,36,37)/t10?,18-,19-,20+,21-,24+/m0/s1. The van der Waals surface area contributed by atoms with E-state index in [1.165, 1.54) is 25.1 Å². The Morgan fingerprint density at radius 2 is 1.77 bits per heavy atom. The number of ether oxygens (including phenoxy) is 3. The Morgan fingerprint density at radius 3 is 2.38 bits per heavy atom. The molecule has 0 spiro atoms. The van der Waals surface area contributed by atoms with E-state index in [-0.39, 0.29) is 24.5 Å². The van der Waals surface area contributed by atoms with Crippen LogP contribution in [0.15, 0.2) is 18.2 Å². The molecule has 2 heterocycles. The van der Waals surface area contributed by atoms with E-state index < -0.39 is 85.3 Å². The zero-order chi connectivity index (χ0) is 29.7. The molecule has 3 rings (SSSR count). The third-order valence-corrected chi connectivity index (χ3v) is 6.03. The van der Waals surface area contributed by atoms with Crippen LogP contribution in [0.3, 0.4) is 0 Å². The zero-order valence-corrected chi connectivity index (χ0v) is 21.4. The Kier molecular flexibility index (Phi) is 9.75. The van der Waals surface area contributed by atoms with Crippen molar-refractivity contribution >= 4 is 41.3 Å². The van der Waals surface area contributed by atoms with Crippen molar-refractivity contribution in [2.45, 2.75) is 57.6 Å². The van der Waals surface area contributed by atoms with Gasteiger partial charge in [0.1, 0.15) is 37.2 Å². The van der Waals surface area contributed by atoms with Crippen LogP contribution in [0.4, 0.5) is 5.69 Å². The lowest BCUT2D eigenvalue weighted by atomic mass is 9.99. The Morgan fingerprint density at radius 1 is 1.07 bits per heavy atom. The molecule has 0 bridgehead atoms. The normalized spacial score (nSPS) is 26.3. The molecule has 0 aliphatic carbocycles. The summed E-state index contributed by atoms with van der Waals surface area (Å²) < 4.78 is 15.6. The van der Waals surface area contributed by atoms with Crippen molar-refractivity contribution in [2.75, 3.05) is 18.4 Å². The van der Waals surface area contributed by atoms with Crippen LogP contribution in [0, 0.1) is 5.92 Å². The van der Waals surface area contributed by atoms with Crippen LogP contribution >= 0.6 is 0 Å². The van der Waals surface area contributed by atoms with Crippen LogP contribution < -0.4 is 15.4 Å². The quantitative estimate of drug-likeness (QED) is 0.126. The van der Waals surface area contributed by atoms with Gasteiger partial charge in [-0.15, -0.1) is 0 Å². The van der Waals surface area contributed by atoms with Crippen molar-refractivity contribution in [1.29, 1.82) is 0 Å². The number of amides is 4. The maximum absolute atomic E-state index is 12.6. The molecule has 1 aromatic rings. The highest BCUT2D eigenvalue weighted by Gasteiger charge is 2.48. The number of benzene rings is 1. The number of likely N-dealkylation sites (tertiary alicyclic amines) is 1. The largest absolute Gasteiger partial charge is 0.479 e. The van der Waals surface area contributed by atoms with Crippen molar-refractivity contribution in [2.24, 2.45) is 5.92 Å². The molecule has 1 aromatic carbocycles. The number of hydrogen-bond acceptors (Lipinski definition) is 12. The summed E-state index contributed by atoms with van der Waals surface area (Å²) in [7, 11) is 0. The van der Waals surface area contributed by atoms with Gasteiger partial charge in [-0.3, -0.25) is 28.9 Å². The van der Waals surface area contributed by atoms with E-state index in [0.717, 1.165) is 4.90 Å². The lowest BCUT2D eigenvalue weighted by Crippen LogP contribution is -2.61. The highest BCUT2D eigenvalue weighted by Crippen LogP contribution is 2.31. The van der Waals surface area contributed by atoms with Gasteiger partial charge in [-0.25, -0.2) is 4.79 Å². The van der Waals surface area contributed by atoms with E-state index in [4.69, 9.17) is 14.2 Å². The molecule has 0 saturated carbocycles. The number of aliphatic carboxylic acids is 1. The monoisotopic (exact) mass is 567 g/mol. The highest BCUT2D eigenvalue weighted by molar-refractivity contribution is 6.06. The molecule has 218 valence electrons. The van der Waals surface area contributed by atoms with Crippen molar-refractivity contribution in [3.63, 3.8) is 0 Å². The number of carbonyl (C=O) groups excluding carboxylic acids is 5. The average molecular weight is 568 g/mol. The summed E-state index contributed by atoms with van der Waals surface area (Å²) in [6.07, 6.45) is -9.50. The fraction of sp³-hybridized carbons (Fsp3) is 0.500. The second kappa shape index (κ2) is 12.8. The van der Waals surface area contributed by atoms with Crippen LogP contribution in [-0.4, -0.2) is 105 Å². The van der Waals surface area contributed by atoms with Crippen molar-refractivity contribution in [1.82, 2.24) is 10.2 Å². The van der Waals surface area contributed by atoms with Gasteiger partial charge < -0.3 is 45.3 Å². The number of carboxylic acids is 1. The lowest BCUT2D eigenvalue weighted by molar-refractivity contribution is -0.271. The summed E-state index contributed by atoms with van der Waals surface area (Å²) in [5.74, 6) is -5.47. The maximum Gasteiger partial charge on any atom is 0.335 e. The second-order valence-electron chi connectivity index (χ2n) is 9.21. The van der Waals surface area contributed by atoms with Gasteiger partial charge in [0.15, 0.2) is 6.10 Å². The van der Waals surface area contributed by atoms with Crippen LogP contribution in [-0.2, 0) is 44.8 Å². The Bertz CT molecular complexity index is 1190. The molecule has 16 heteroatoms. The molecule has 2 fully saturated rings. The number of hydrogen-bond donors (Lipinski definition) is 6. The van der Waals surface area contributed by atoms with E-state index in [0.29, 0.717) is 5.56 Å². The molecule has 0 radical (unpaired) electrons. The highest BCUT2D eigenvalue weighted by atomic mass is 16.7. The van der Waals surface area contributed by atoms with Gasteiger partial charge in [-0.1, -0.05) is 13.0 Å². The first-order chi connectivity index (χ1) is 18.8. The van der Waals surface area contributed by atoms with E-state index in [1.54, 1.807) is 6.92 Å². The summed E-state index contributed by atoms with van der Waals surface area (Å²) in [6.45, 7) is 1.40. The third kappa shape index (κ3) is 7.29. The fourth-order valence-electron chi connectivity index (χ4n) is 3.91. The van der Waals surface area contributed by atoms with Crippen molar-refractivity contribution in [3.8, 4) is 5.75 Å². The first-order valence-electron chi connectivity index (χ1n) is 12.0. The van der Waals surface area contributed by atoms with Crippen LogP contribution in [0.2, 0.25) is 0 Å². The van der Waals surface area contributed by atoms with Gasteiger partial charge in [-0.05, 0) is 17.7 Å².